The Hall–Kier alpha value is -2.06. The van der Waals surface area contributed by atoms with Crippen LogP contribution in [0.4, 0.5) is 13.2 Å². The molecule has 0 aliphatic rings. The average molecular weight is 371 g/mol. The highest BCUT2D eigenvalue weighted by molar-refractivity contribution is 7.99. The van der Waals surface area contributed by atoms with Gasteiger partial charge in [-0.15, -0.1) is 11.8 Å². The van der Waals surface area contributed by atoms with E-state index in [4.69, 9.17) is 5.11 Å². The third-order valence-corrected chi connectivity index (χ3v) is 4.78. The fraction of sp³-hybridized carbons (Fsp3) is 0.294. The van der Waals surface area contributed by atoms with Crippen LogP contribution in [0, 0.1) is 17.5 Å². The molecule has 0 saturated carbocycles. The lowest BCUT2D eigenvalue weighted by Crippen LogP contribution is -2.09. The normalized spacial score (nSPS) is 12.0. The van der Waals surface area contributed by atoms with E-state index in [1.165, 1.54) is 25.4 Å². The zero-order chi connectivity index (χ0) is 18.4. The third kappa shape index (κ3) is 4.52. The lowest BCUT2D eigenvalue weighted by molar-refractivity contribution is 0.0594. The van der Waals surface area contributed by atoms with Crippen LogP contribution in [0.15, 0.2) is 30.5 Å². The molecule has 1 aromatic heterocycles. The number of hydrogen-bond donors (Lipinski definition) is 1. The highest BCUT2D eigenvalue weighted by Crippen LogP contribution is 2.39. The summed E-state index contributed by atoms with van der Waals surface area (Å²) in [7, 11) is 1.21. The van der Waals surface area contributed by atoms with Gasteiger partial charge in [-0.25, -0.2) is 22.9 Å². The maximum Gasteiger partial charge on any atom is 0.356 e. The van der Waals surface area contributed by atoms with Gasteiger partial charge in [0, 0.05) is 18.4 Å². The van der Waals surface area contributed by atoms with Crippen molar-refractivity contribution in [2.75, 3.05) is 19.5 Å². The number of aliphatic hydroxyl groups excluding tert-OH is 1. The van der Waals surface area contributed by atoms with Crippen molar-refractivity contribution in [2.45, 2.75) is 11.7 Å². The summed E-state index contributed by atoms with van der Waals surface area (Å²) in [6.07, 6.45) is 1.71. The molecule has 0 saturated heterocycles. The van der Waals surface area contributed by atoms with Crippen molar-refractivity contribution in [2.24, 2.45) is 0 Å². The molecule has 2 aromatic rings. The van der Waals surface area contributed by atoms with Gasteiger partial charge < -0.3 is 9.84 Å². The zero-order valence-electron chi connectivity index (χ0n) is 13.3. The second-order valence-corrected chi connectivity index (χ2v) is 6.27. The molecule has 0 amide bonds. The minimum atomic E-state index is -1.27. The topological polar surface area (TPSA) is 59.4 Å². The molecular formula is C17H16F3NO3S. The minimum absolute atomic E-state index is 0.0468. The maximum atomic E-state index is 14.2. The molecule has 25 heavy (non-hydrogen) atoms. The van der Waals surface area contributed by atoms with E-state index in [9.17, 15) is 18.0 Å². The van der Waals surface area contributed by atoms with E-state index in [1.54, 1.807) is 0 Å². The van der Waals surface area contributed by atoms with Crippen molar-refractivity contribution in [3.05, 3.63) is 64.7 Å². The molecule has 1 heterocycles. The van der Waals surface area contributed by atoms with Gasteiger partial charge in [-0.05, 0) is 35.9 Å². The number of pyridine rings is 1. The molecule has 0 aliphatic heterocycles. The number of nitrogens with zero attached hydrogens (tertiary/aromatic N) is 1. The van der Waals surface area contributed by atoms with Gasteiger partial charge in [0.15, 0.2) is 11.6 Å². The van der Waals surface area contributed by atoms with Gasteiger partial charge in [0.2, 0.25) is 0 Å². The van der Waals surface area contributed by atoms with Crippen LogP contribution >= 0.6 is 11.8 Å². The van der Waals surface area contributed by atoms with Crippen LogP contribution in [0.2, 0.25) is 0 Å². The SMILES string of the molecule is COC(=O)c1ccc(C(SCCCO)c2c(F)ccc(F)c2F)cn1. The third-order valence-electron chi connectivity index (χ3n) is 3.41. The fourth-order valence-corrected chi connectivity index (χ4v) is 3.43. The number of halogens is 3. The maximum absolute atomic E-state index is 14.2. The molecule has 0 spiro atoms. The van der Waals surface area contributed by atoms with E-state index in [-0.39, 0.29) is 12.3 Å². The second kappa shape index (κ2) is 8.87. The van der Waals surface area contributed by atoms with Crippen LogP contribution in [0.5, 0.6) is 0 Å². The van der Waals surface area contributed by atoms with Crippen molar-refractivity contribution >= 4 is 17.7 Å². The predicted octanol–water partition coefficient (Wildman–Crippen LogP) is 3.49. The highest BCUT2D eigenvalue weighted by Gasteiger charge is 2.25. The standard InChI is InChI=1S/C17H16F3NO3S/c1-24-17(23)13-6-3-10(9-21-13)16(25-8-2-7-22)14-11(18)4-5-12(19)15(14)20/h3-6,9,16,22H,2,7-8H2,1H3. The largest absolute Gasteiger partial charge is 0.464 e. The van der Waals surface area contributed by atoms with Gasteiger partial charge in [0.05, 0.1) is 12.4 Å². The average Bonchev–Trinajstić information content (AvgIpc) is 2.63. The summed E-state index contributed by atoms with van der Waals surface area (Å²) in [6.45, 7) is -0.0760. The summed E-state index contributed by atoms with van der Waals surface area (Å²) < 4.78 is 46.5. The molecule has 0 aliphatic carbocycles. The van der Waals surface area contributed by atoms with E-state index >= 15 is 0 Å². The zero-order valence-corrected chi connectivity index (χ0v) is 14.2. The van der Waals surface area contributed by atoms with E-state index < -0.39 is 34.2 Å². The number of esters is 1. The Labute approximate surface area is 147 Å². The minimum Gasteiger partial charge on any atom is -0.464 e. The summed E-state index contributed by atoms with van der Waals surface area (Å²) >= 11 is 1.15. The van der Waals surface area contributed by atoms with E-state index in [2.05, 4.69) is 9.72 Å². The Morgan fingerprint density at radius 1 is 1.24 bits per heavy atom. The van der Waals surface area contributed by atoms with Gasteiger partial charge in [-0.2, -0.15) is 0 Å². The van der Waals surface area contributed by atoms with Crippen LogP contribution in [-0.4, -0.2) is 35.5 Å². The Bertz CT molecular complexity index is 741. The van der Waals surface area contributed by atoms with Crippen molar-refractivity contribution in [1.82, 2.24) is 4.98 Å². The number of aliphatic hydroxyl groups is 1. The summed E-state index contributed by atoms with van der Waals surface area (Å²) in [5.74, 6) is -3.53. The highest BCUT2D eigenvalue weighted by atomic mass is 32.2. The molecule has 8 heteroatoms. The van der Waals surface area contributed by atoms with Gasteiger partial charge in [0.25, 0.3) is 0 Å². The molecule has 2 rings (SSSR count). The molecule has 1 N–H and O–H groups in total. The van der Waals surface area contributed by atoms with Gasteiger partial charge in [-0.3, -0.25) is 0 Å². The second-order valence-electron chi connectivity index (χ2n) is 5.05. The summed E-state index contributed by atoms with van der Waals surface area (Å²) in [5, 5.41) is 8.04. The number of carbonyl (C=O) groups is 1. The first-order valence-corrected chi connectivity index (χ1v) is 8.44. The number of carbonyl (C=O) groups excluding carboxylic acids is 1. The van der Waals surface area contributed by atoms with Crippen LogP contribution < -0.4 is 0 Å². The van der Waals surface area contributed by atoms with E-state index in [0.29, 0.717) is 17.7 Å². The van der Waals surface area contributed by atoms with Crippen molar-refractivity contribution < 1.29 is 27.8 Å². The van der Waals surface area contributed by atoms with E-state index in [0.717, 1.165) is 23.9 Å². The molecule has 4 nitrogen and oxygen atoms in total. The first-order valence-electron chi connectivity index (χ1n) is 7.39. The van der Waals surface area contributed by atoms with Gasteiger partial charge in [0.1, 0.15) is 11.5 Å². The Morgan fingerprint density at radius 2 is 1.96 bits per heavy atom. The first-order chi connectivity index (χ1) is 12.0. The number of rotatable bonds is 7. The molecule has 1 aromatic carbocycles. The lowest BCUT2D eigenvalue weighted by atomic mass is 10.0. The number of benzene rings is 1. The van der Waals surface area contributed by atoms with Crippen molar-refractivity contribution in [3.8, 4) is 0 Å². The van der Waals surface area contributed by atoms with Crippen molar-refractivity contribution in [1.29, 1.82) is 0 Å². The molecule has 1 atom stereocenters. The van der Waals surface area contributed by atoms with Gasteiger partial charge in [-0.1, -0.05) is 6.07 Å². The smallest absolute Gasteiger partial charge is 0.356 e. The van der Waals surface area contributed by atoms with Crippen LogP contribution in [0.1, 0.15) is 33.3 Å². The summed E-state index contributed by atoms with van der Waals surface area (Å²) in [4.78, 5) is 15.4. The quantitative estimate of drug-likeness (QED) is 0.459. The van der Waals surface area contributed by atoms with Crippen LogP contribution in [0.3, 0.4) is 0 Å². The number of methoxy groups -OCH3 is 1. The molecule has 1 unspecified atom stereocenters. The van der Waals surface area contributed by atoms with Crippen LogP contribution in [-0.2, 0) is 4.74 Å². The Morgan fingerprint density at radius 3 is 2.56 bits per heavy atom. The van der Waals surface area contributed by atoms with Crippen LogP contribution in [0.25, 0.3) is 0 Å². The molecule has 0 bridgehead atoms. The molecule has 134 valence electrons. The number of thioether (sulfide) groups is 1. The monoisotopic (exact) mass is 371 g/mol. The molecule has 0 radical (unpaired) electrons. The Kier molecular flexibility index (Phi) is 6.83. The predicted molar refractivity (Wildman–Crippen MR) is 87.9 cm³/mol. The first kappa shape index (κ1) is 19.3. The number of ether oxygens (including phenoxy) is 1. The fourth-order valence-electron chi connectivity index (χ4n) is 2.18. The lowest BCUT2D eigenvalue weighted by Gasteiger charge is -2.19. The number of aromatic nitrogens is 1. The summed E-state index contributed by atoms with van der Waals surface area (Å²) in [5.41, 5.74) is 0.0279. The van der Waals surface area contributed by atoms with Gasteiger partial charge >= 0.3 is 5.97 Å². The number of hydrogen-bond acceptors (Lipinski definition) is 5. The molecule has 0 fully saturated rings. The van der Waals surface area contributed by atoms with E-state index in [1.807, 2.05) is 0 Å². The molecular weight excluding hydrogens is 355 g/mol. The van der Waals surface area contributed by atoms with Crippen molar-refractivity contribution in [3.63, 3.8) is 0 Å². The summed E-state index contributed by atoms with van der Waals surface area (Å²) in [6, 6.07) is 4.45. The Balaban J connectivity index is 2.43.